The smallest absolute Gasteiger partial charge is 0.188 e. The molecule has 1 fully saturated rings. The second kappa shape index (κ2) is 7.46. The van der Waals surface area contributed by atoms with E-state index in [2.05, 4.69) is 20.4 Å². The highest BCUT2D eigenvalue weighted by atomic mass is 127. The van der Waals surface area contributed by atoms with Crippen molar-refractivity contribution in [2.75, 3.05) is 13.1 Å². The Kier molecular flexibility index (Phi) is 6.23. The highest BCUT2D eigenvalue weighted by molar-refractivity contribution is 14.0. The highest BCUT2D eigenvalue weighted by Crippen LogP contribution is 2.26. The Bertz CT molecular complexity index is 333. The van der Waals surface area contributed by atoms with Crippen LogP contribution < -0.4 is 11.1 Å². The first-order valence-electron chi connectivity index (χ1n) is 5.71. The second-order valence-corrected chi connectivity index (χ2v) is 4.11. The number of hydrogen-bond acceptors (Lipinski definition) is 3. The molecular formula is C10H19IN6. The zero-order valence-corrected chi connectivity index (χ0v) is 12.1. The van der Waals surface area contributed by atoms with Crippen molar-refractivity contribution < 1.29 is 0 Å². The van der Waals surface area contributed by atoms with E-state index in [-0.39, 0.29) is 24.0 Å². The number of nitrogens with two attached hydrogens (primary N) is 1. The third kappa shape index (κ3) is 4.88. The van der Waals surface area contributed by atoms with E-state index in [9.17, 15) is 0 Å². The molecule has 6 nitrogen and oxygen atoms in total. The highest BCUT2D eigenvalue weighted by Gasteiger charge is 2.16. The van der Waals surface area contributed by atoms with Gasteiger partial charge >= 0.3 is 0 Å². The van der Waals surface area contributed by atoms with Crippen molar-refractivity contribution in [3.63, 3.8) is 0 Å². The molecule has 0 radical (unpaired) electrons. The standard InChI is InChI=1S/C10H18N6.HI/c11-10(14-6-9-2-1-3-9)13-4-5-16-8-12-7-15-16;/h7-9H,1-6H2,(H3,11,13,14);1H. The van der Waals surface area contributed by atoms with E-state index in [1.165, 1.54) is 25.6 Å². The minimum absolute atomic E-state index is 0. The predicted molar refractivity (Wildman–Crippen MR) is 77.3 cm³/mol. The first kappa shape index (κ1) is 14.2. The lowest BCUT2D eigenvalue weighted by molar-refractivity contribution is 0.326. The normalized spacial score (nSPS) is 16.1. The van der Waals surface area contributed by atoms with E-state index in [0.717, 1.165) is 25.6 Å². The molecule has 1 aromatic heterocycles. The zero-order valence-electron chi connectivity index (χ0n) is 9.75. The zero-order chi connectivity index (χ0) is 11.2. The number of hydrogen-bond donors (Lipinski definition) is 2. The van der Waals surface area contributed by atoms with Gasteiger partial charge in [-0.1, -0.05) is 6.42 Å². The Hall–Kier alpha value is -0.860. The van der Waals surface area contributed by atoms with Crippen LogP contribution in [-0.2, 0) is 6.54 Å². The summed E-state index contributed by atoms with van der Waals surface area (Å²) in [6, 6.07) is 0. The molecular weight excluding hydrogens is 331 g/mol. The molecule has 1 saturated carbocycles. The minimum Gasteiger partial charge on any atom is -0.370 e. The number of guanidine groups is 1. The Labute approximate surface area is 118 Å². The summed E-state index contributed by atoms with van der Waals surface area (Å²) in [5.74, 6) is 1.29. The lowest BCUT2D eigenvalue weighted by atomic mass is 9.86. The predicted octanol–water partition coefficient (Wildman–Crippen LogP) is 0.600. The van der Waals surface area contributed by atoms with Gasteiger partial charge in [-0.15, -0.1) is 24.0 Å². The third-order valence-corrected chi connectivity index (χ3v) is 2.86. The van der Waals surface area contributed by atoms with Crippen LogP contribution in [0.2, 0.25) is 0 Å². The number of nitrogens with zero attached hydrogens (tertiary/aromatic N) is 4. The van der Waals surface area contributed by atoms with Crippen molar-refractivity contribution in [2.24, 2.45) is 16.6 Å². The summed E-state index contributed by atoms with van der Waals surface area (Å²) >= 11 is 0. The molecule has 0 aliphatic heterocycles. The maximum absolute atomic E-state index is 5.73. The van der Waals surface area contributed by atoms with Gasteiger partial charge in [0.25, 0.3) is 0 Å². The van der Waals surface area contributed by atoms with Gasteiger partial charge in [0.2, 0.25) is 0 Å². The molecule has 96 valence electrons. The molecule has 1 aromatic rings. The van der Waals surface area contributed by atoms with Crippen molar-refractivity contribution in [3.8, 4) is 0 Å². The molecule has 0 aromatic carbocycles. The molecule has 1 aliphatic carbocycles. The maximum atomic E-state index is 5.73. The summed E-state index contributed by atoms with van der Waals surface area (Å²) in [6.07, 6.45) is 7.16. The van der Waals surface area contributed by atoms with Crippen LogP contribution >= 0.6 is 24.0 Å². The number of halogens is 1. The van der Waals surface area contributed by atoms with Crippen LogP contribution in [0.5, 0.6) is 0 Å². The van der Waals surface area contributed by atoms with Crippen molar-refractivity contribution >= 4 is 29.9 Å². The summed E-state index contributed by atoms with van der Waals surface area (Å²) in [7, 11) is 0. The van der Waals surface area contributed by atoms with Crippen LogP contribution in [0.4, 0.5) is 0 Å². The number of aliphatic imine (C=N–C) groups is 1. The monoisotopic (exact) mass is 350 g/mol. The Balaban J connectivity index is 0.00000144. The molecule has 7 heteroatoms. The SMILES string of the molecule is I.NC(=NCC1CCC1)NCCn1cncn1. The average Bonchev–Trinajstić information content (AvgIpc) is 2.68. The second-order valence-electron chi connectivity index (χ2n) is 4.11. The summed E-state index contributed by atoms with van der Waals surface area (Å²) in [5, 5.41) is 7.06. The van der Waals surface area contributed by atoms with Crippen molar-refractivity contribution in [1.29, 1.82) is 0 Å². The third-order valence-electron chi connectivity index (χ3n) is 2.86. The molecule has 17 heavy (non-hydrogen) atoms. The van der Waals surface area contributed by atoms with E-state index in [4.69, 9.17) is 5.73 Å². The van der Waals surface area contributed by atoms with Gasteiger partial charge in [-0.3, -0.25) is 9.67 Å². The molecule has 0 saturated heterocycles. The Morgan fingerprint density at radius 2 is 2.35 bits per heavy atom. The lowest BCUT2D eigenvalue weighted by Gasteiger charge is -2.23. The fourth-order valence-corrected chi connectivity index (χ4v) is 1.61. The Morgan fingerprint density at radius 3 is 2.94 bits per heavy atom. The van der Waals surface area contributed by atoms with Gasteiger partial charge in [-0.05, 0) is 18.8 Å². The van der Waals surface area contributed by atoms with Gasteiger partial charge in [0.15, 0.2) is 5.96 Å². The quantitative estimate of drug-likeness (QED) is 0.463. The number of nitrogens with one attached hydrogen (secondary N) is 1. The van der Waals surface area contributed by atoms with Gasteiger partial charge in [-0.25, -0.2) is 4.98 Å². The molecule has 1 heterocycles. The lowest BCUT2D eigenvalue weighted by Crippen LogP contribution is -2.35. The van der Waals surface area contributed by atoms with Gasteiger partial charge in [-0.2, -0.15) is 5.10 Å². The number of aromatic nitrogens is 3. The average molecular weight is 350 g/mol. The van der Waals surface area contributed by atoms with Crippen LogP contribution in [0, 0.1) is 5.92 Å². The molecule has 0 unspecified atom stereocenters. The topological polar surface area (TPSA) is 81.1 Å². The molecule has 2 rings (SSSR count). The van der Waals surface area contributed by atoms with Crippen LogP contribution in [0.15, 0.2) is 17.6 Å². The fourth-order valence-electron chi connectivity index (χ4n) is 1.61. The van der Waals surface area contributed by atoms with Gasteiger partial charge in [0, 0.05) is 13.1 Å². The minimum atomic E-state index is 0. The molecule has 3 N–H and O–H groups in total. The summed E-state index contributed by atoms with van der Waals surface area (Å²) in [5.41, 5.74) is 5.73. The van der Waals surface area contributed by atoms with Gasteiger partial charge in [0.1, 0.15) is 12.7 Å². The van der Waals surface area contributed by atoms with Crippen molar-refractivity contribution in [1.82, 2.24) is 20.1 Å². The van der Waals surface area contributed by atoms with E-state index < -0.39 is 0 Å². The molecule has 0 atom stereocenters. The summed E-state index contributed by atoms with van der Waals surface area (Å²) in [6.45, 7) is 2.34. The summed E-state index contributed by atoms with van der Waals surface area (Å²) < 4.78 is 1.76. The number of rotatable bonds is 5. The van der Waals surface area contributed by atoms with E-state index in [0.29, 0.717) is 5.96 Å². The van der Waals surface area contributed by atoms with Crippen LogP contribution in [0.3, 0.4) is 0 Å². The van der Waals surface area contributed by atoms with Crippen molar-refractivity contribution in [2.45, 2.75) is 25.8 Å². The van der Waals surface area contributed by atoms with E-state index >= 15 is 0 Å². The molecule has 0 bridgehead atoms. The molecule has 1 aliphatic rings. The van der Waals surface area contributed by atoms with Crippen LogP contribution in [0.25, 0.3) is 0 Å². The van der Waals surface area contributed by atoms with Crippen LogP contribution in [-0.4, -0.2) is 33.8 Å². The maximum Gasteiger partial charge on any atom is 0.188 e. The largest absolute Gasteiger partial charge is 0.370 e. The van der Waals surface area contributed by atoms with E-state index in [1.54, 1.807) is 11.0 Å². The fraction of sp³-hybridized carbons (Fsp3) is 0.700. The van der Waals surface area contributed by atoms with Crippen molar-refractivity contribution in [3.05, 3.63) is 12.7 Å². The van der Waals surface area contributed by atoms with E-state index in [1.807, 2.05) is 0 Å². The van der Waals surface area contributed by atoms with Gasteiger partial charge in [0.05, 0.1) is 6.54 Å². The van der Waals surface area contributed by atoms with Crippen LogP contribution in [0.1, 0.15) is 19.3 Å². The summed E-state index contributed by atoms with van der Waals surface area (Å²) in [4.78, 5) is 8.16. The first-order valence-corrected chi connectivity index (χ1v) is 5.71. The molecule has 0 amide bonds. The first-order chi connectivity index (χ1) is 7.84. The van der Waals surface area contributed by atoms with Gasteiger partial charge < -0.3 is 11.1 Å². The Morgan fingerprint density at radius 1 is 1.53 bits per heavy atom. The molecule has 0 spiro atoms.